The maximum Gasteiger partial charge on any atom is 0.421 e. The van der Waals surface area contributed by atoms with Gasteiger partial charge >= 0.3 is 6.09 Å². The van der Waals surface area contributed by atoms with Gasteiger partial charge in [-0.05, 0) is 44.0 Å². The van der Waals surface area contributed by atoms with E-state index in [-0.39, 0.29) is 35.1 Å². The first-order chi connectivity index (χ1) is 20.1. The number of ketones is 2. The van der Waals surface area contributed by atoms with Crippen LogP contribution < -0.4 is 15.0 Å². The maximum absolute atomic E-state index is 14.0. The molecule has 0 radical (unpaired) electrons. The molecule has 10 heteroatoms. The van der Waals surface area contributed by atoms with Crippen LogP contribution in [-0.4, -0.2) is 49.0 Å². The number of rotatable bonds is 9. The molecule has 1 heterocycles. The van der Waals surface area contributed by atoms with Gasteiger partial charge in [-0.3, -0.25) is 19.2 Å². The largest absolute Gasteiger partial charge is 0.464 e. The van der Waals surface area contributed by atoms with Crippen molar-refractivity contribution < 1.29 is 38.2 Å². The first-order valence-corrected chi connectivity index (χ1v) is 14.5. The van der Waals surface area contributed by atoms with E-state index < -0.39 is 47.1 Å². The standard InChI is InChI=1S/C33H42N2O8/c1-8-41-31(40)35(30(39)33(5,6)7)23-15-12-16-26(43-27-17-9-10-18-42-27)28(23)25(37)20-24(36)21-13-11-14-22(19-21)34-29(38)32(2,3)4/h11-16,19,27H,8-10,17-18,20H2,1-7H3,(H,34,38). The molecule has 10 nitrogen and oxygen atoms in total. The highest BCUT2D eigenvalue weighted by Crippen LogP contribution is 2.35. The van der Waals surface area contributed by atoms with Gasteiger partial charge in [0.25, 0.3) is 0 Å². The quantitative estimate of drug-likeness (QED) is 0.255. The molecular weight excluding hydrogens is 552 g/mol. The van der Waals surface area contributed by atoms with Crippen LogP contribution >= 0.6 is 0 Å². The zero-order chi connectivity index (χ0) is 31.9. The highest BCUT2D eigenvalue weighted by atomic mass is 16.7. The lowest BCUT2D eigenvalue weighted by atomic mass is 9.93. The predicted molar refractivity (Wildman–Crippen MR) is 162 cm³/mol. The second-order valence-electron chi connectivity index (χ2n) is 12.5. The van der Waals surface area contributed by atoms with E-state index in [1.807, 2.05) is 0 Å². The molecule has 1 fully saturated rings. The Morgan fingerprint density at radius 2 is 1.63 bits per heavy atom. The van der Waals surface area contributed by atoms with Gasteiger partial charge in [0.05, 0.1) is 30.9 Å². The second kappa shape index (κ2) is 13.9. The van der Waals surface area contributed by atoms with Crippen LogP contribution in [0.4, 0.5) is 16.2 Å². The molecule has 1 saturated heterocycles. The van der Waals surface area contributed by atoms with Crippen LogP contribution in [-0.2, 0) is 19.1 Å². The smallest absolute Gasteiger partial charge is 0.421 e. The third-order valence-corrected chi connectivity index (χ3v) is 6.66. The molecule has 1 unspecified atom stereocenters. The summed E-state index contributed by atoms with van der Waals surface area (Å²) in [6.45, 7) is 12.4. The Labute approximate surface area is 253 Å². The van der Waals surface area contributed by atoms with Gasteiger partial charge < -0.3 is 19.5 Å². The summed E-state index contributed by atoms with van der Waals surface area (Å²) in [6, 6.07) is 10.9. The third kappa shape index (κ3) is 8.73. The molecule has 1 atom stereocenters. The summed E-state index contributed by atoms with van der Waals surface area (Å²) in [5.74, 6) is -1.91. The average Bonchev–Trinajstić information content (AvgIpc) is 2.93. The van der Waals surface area contributed by atoms with E-state index in [4.69, 9.17) is 14.2 Å². The van der Waals surface area contributed by atoms with Crippen molar-refractivity contribution in [1.82, 2.24) is 0 Å². The molecule has 1 aliphatic heterocycles. The molecule has 0 spiro atoms. The highest BCUT2D eigenvalue weighted by Gasteiger charge is 2.37. The normalized spacial score (nSPS) is 15.3. The van der Waals surface area contributed by atoms with Crippen LogP contribution in [0.3, 0.4) is 0 Å². The number of anilines is 2. The summed E-state index contributed by atoms with van der Waals surface area (Å²) in [5.41, 5.74) is -1.18. The van der Waals surface area contributed by atoms with E-state index in [9.17, 15) is 24.0 Å². The molecule has 0 bridgehead atoms. The molecule has 0 aliphatic carbocycles. The van der Waals surface area contributed by atoms with Crippen molar-refractivity contribution in [3.8, 4) is 5.75 Å². The molecule has 3 rings (SSSR count). The molecule has 43 heavy (non-hydrogen) atoms. The number of nitrogens with one attached hydrogen (secondary N) is 1. The van der Waals surface area contributed by atoms with E-state index >= 15 is 0 Å². The minimum absolute atomic E-state index is 0.00270. The van der Waals surface area contributed by atoms with Crippen molar-refractivity contribution in [3.05, 3.63) is 53.6 Å². The monoisotopic (exact) mass is 594 g/mol. The molecule has 1 aliphatic rings. The zero-order valence-corrected chi connectivity index (χ0v) is 26.1. The van der Waals surface area contributed by atoms with Crippen LogP contribution in [0.5, 0.6) is 5.75 Å². The summed E-state index contributed by atoms with van der Waals surface area (Å²) >= 11 is 0. The van der Waals surface area contributed by atoms with Gasteiger partial charge in [-0.15, -0.1) is 0 Å². The predicted octanol–water partition coefficient (Wildman–Crippen LogP) is 6.57. The fourth-order valence-electron chi connectivity index (χ4n) is 4.27. The van der Waals surface area contributed by atoms with E-state index in [1.54, 1.807) is 78.8 Å². The van der Waals surface area contributed by atoms with Gasteiger partial charge in [0.15, 0.2) is 17.9 Å². The van der Waals surface area contributed by atoms with Gasteiger partial charge in [-0.2, -0.15) is 0 Å². The SMILES string of the molecule is CCOC(=O)N(C(=O)C(C)(C)C)c1cccc(OC2CCCCO2)c1C(=O)CC(=O)c1cccc(NC(=O)C(C)(C)C)c1. The fourth-order valence-corrected chi connectivity index (χ4v) is 4.27. The Bertz CT molecular complexity index is 1360. The number of ether oxygens (including phenoxy) is 3. The van der Waals surface area contributed by atoms with Gasteiger partial charge in [0, 0.05) is 28.5 Å². The first kappa shape index (κ1) is 33.5. The highest BCUT2D eigenvalue weighted by molar-refractivity contribution is 6.21. The Hall–Kier alpha value is -4.05. The zero-order valence-electron chi connectivity index (χ0n) is 26.1. The van der Waals surface area contributed by atoms with Crippen molar-refractivity contribution in [2.75, 3.05) is 23.4 Å². The Morgan fingerprint density at radius 1 is 0.930 bits per heavy atom. The number of imide groups is 1. The van der Waals surface area contributed by atoms with Crippen molar-refractivity contribution in [2.45, 2.75) is 80.4 Å². The molecule has 3 amide bonds. The lowest BCUT2D eigenvalue weighted by molar-refractivity contribution is -0.125. The number of carbonyl (C=O) groups excluding carboxylic acids is 5. The van der Waals surface area contributed by atoms with Gasteiger partial charge in [-0.25, -0.2) is 9.69 Å². The van der Waals surface area contributed by atoms with Crippen LogP contribution in [0.25, 0.3) is 0 Å². The van der Waals surface area contributed by atoms with Crippen molar-refractivity contribution >= 4 is 40.8 Å². The minimum atomic E-state index is -1.01. The number of hydrogen-bond acceptors (Lipinski definition) is 8. The van der Waals surface area contributed by atoms with Gasteiger partial charge in [-0.1, -0.05) is 59.7 Å². The lowest BCUT2D eigenvalue weighted by Crippen LogP contribution is -2.45. The first-order valence-electron chi connectivity index (χ1n) is 14.5. The summed E-state index contributed by atoms with van der Waals surface area (Å²) in [4.78, 5) is 67.4. The van der Waals surface area contributed by atoms with Gasteiger partial charge in [0.2, 0.25) is 11.8 Å². The Kier molecular flexibility index (Phi) is 10.9. The third-order valence-electron chi connectivity index (χ3n) is 6.66. The van der Waals surface area contributed by atoms with Crippen molar-refractivity contribution in [1.29, 1.82) is 0 Å². The number of benzene rings is 2. The Balaban J connectivity index is 2.04. The van der Waals surface area contributed by atoms with Crippen LogP contribution in [0.1, 0.15) is 94.9 Å². The number of carbonyl (C=O) groups is 5. The molecule has 2 aromatic carbocycles. The Morgan fingerprint density at radius 3 is 2.23 bits per heavy atom. The summed E-state index contributed by atoms with van der Waals surface area (Å²) in [7, 11) is 0. The number of hydrogen-bond donors (Lipinski definition) is 1. The lowest BCUT2D eigenvalue weighted by Gasteiger charge is -2.30. The van der Waals surface area contributed by atoms with Crippen LogP contribution in [0.2, 0.25) is 0 Å². The van der Waals surface area contributed by atoms with E-state index in [0.29, 0.717) is 18.7 Å². The number of nitrogens with zero attached hydrogens (tertiary/aromatic N) is 1. The molecule has 2 aromatic rings. The number of amides is 3. The van der Waals surface area contributed by atoms with E-state index in [0.717, 1.165) is 17.7 Å². The summed E-state index contributed by atoms with van der Waals surface area (Å²) < 4.78 is 17.0. The van der Waals surface area contributed by atoms with Gasteiger partial charge in [0.1, 0.15) is 5.75 Å². The van der Waals surface area contributed by atoms with Crippen molar-refractivity contribution in [2.24, 2.45) is 10.8 Å². The molecular formula is C33H42N2O8. The van der Waals surface area contributed by atoms with Crippen LogP contribution in [0.15, 0.2) is 42.5 Å². The topological polar surface area (TPSA) is 128 Å². The molecule has 0 saturated carbocycles. The molecule has 232 valence electrons. The summed E-state index contributed by atoms with van der Waals surface area (Å²) in [5, 5.41) is 2.79. The second-order valence-corrected chi connectivity index (χ2v) is 12.5. The molecule has 0 aromatic heterocycles. The molecule has 1 N–H and O–H groups in total. The van der Waals surface area contributed by atoms with E-state index in [2.05, 4.69) is 5.32 Å². The maximum atomic E-state index is 14.0. The van der Waals surface area contributed by atoms with Crippen LogP contribution in [0, 0.1) is 10.8 Å². The van der Waals surface area contributed by atoms with Crippen molar-refractivity contribution in [3.63, 3.8) is 0 Å². The van der Waals surface area contributed by atoms with E-state index in [1.165, 1.54) is 12.1 Å². The fraction of sp³-hybridized carbons (Fsp3) is 0.485. The average molecular weight is 595 g/mol. The minimum Gasteiger partial charge on any atom is -0.464 e. The summed E-state index contributed by atoms with van der Waals surface area (Å²) in [6.07, 6.45) is 0.167. The number of Topliss-reactive ketones (excluding diaryl/α,β-unsaturated/α-hetero) is 2.